The number of hydrogen-bond acceptors (Lipinski definition) is 2. The van der Waals surface area contributed by atoms with Crippen LogP contribution in [0.3, 0.4) is 0 Å². The fourth-order valence-corrected chi connectivity index (χ4v) is 4.03. The van der Waals surface area contributed by atoms with E-state index in [1.807, 2.05) is 11.8 Å². The molecule has 18 heavy (non-hydrogen) atoms. The van der Waals surface area contributed by atoms with Crippen LogP contribution in [0.15, 0.2) is 0 Å². The number of carbonyl (C=O) groups excluding carboxylic acids is 1. The number of carbonyl (C=O) groups is 1. The van der Waals surface area contributed by atoms with Crippen LogP contribution in [0.5, 0.6) is 0 Å². The molecule has 0 aromatic heterocycles. The SMILES string of the molecule is C[C@H](C(=O)N1CC2[C@@H]([C@H]1CO)C21CC1)C(C)(C)C. The van der Waals surface area contributed by atoms with E-state index >= 15 is 0 Å². The van der Waals surface area contributed by atoms with E-state index in [1.54, 1.807) is 0 Å². The summed E-state index contributed by atoms with van der Waals surface area (Å²) in [5.41, 5.74) is 0.566. The van der Waals surface area contributed by atoms with Crippen molar-refractivity contribution in [3.05, 3.63) is 0 Å². The van der Waals surface area contributed by atoms with Gasteiger partial charge in [0, 0.05) is 12.5 Å². The van der Waals surface area contributed by atoms with Crippen molar-refractivity contribution in [1.29, 1.82) is 0 Å². The predicted molar refractivity (Wildman–Crippen MR) is 69.9 cm³/mol. The van der Waals surface area contributed by atoms with E-state index < -0.39 is 0 Å². The first-order valence-electron chi connectivity index (χ1n) is 7.24. The largest absolute Gasteiger partial charge is 0.394 e. The molecule has 0 radical (unpaired) electrons. The topological polar surface area (TPSA) is 40.5 Å². The Morgan fingerprint density at radius 2 is 2.06 bits per heavy atom. The van der Waals surface area contributed by atoms with Crippen LogP contribution >= 0.6 is 0 Å². The van der Waals surface area contributed by atoms with Crippen LogP contribution in [0.2, 0.25) is 0 Å². The first kappa shape index (κ1) is 12.5. The van der Waals surface area contributed by atoms with Crippen molar-refractivity contribution in [2.45, 2.75) is 46.6 Å². The highest BCUT2D eigenvalue weighted by Crippen LogP contribution is 2.78. The molecule has 1 unspecified atom stereocenters. The number of aliphatic hydroxyl groups is 1. The molecule has 0 bridgehead atoms. The first-order chi connectivity index (χ1) is 8.33. The maximum atomic E-state index is 12.6. The zero-order chi connectivity index (χ0) is 13.3. The van der Waals surface area contributed by atoms with Crippen molar-refractivity contribution in [1.82, 2.24) is 4.90 Å². The molecule has 4 atom stereocenters. The summed E-state index contributed by atoms with van der Waals surface area (Å²) >= 11 is 0. The van der Waals surface area contributed by atoms with Gasteiger partial charge in [0.1, 0.15) is 0 Å². The average molecular weight is 251 g/mol. The van der Waals surface area contributed by atoms with Crippen molar-refractivity contribution in [2.24, 2.45) is 28.6 Å². The quantitative estimate of drug-likeness (QED) is 0.814. The van der Waals surface area contributed by atoms with E-state index in [-0.39, 0.29) is 29.9 Å². The van der Waals surface area contributed by atoms with Crippen LogP contribution in [-0.2, 0) is 4.79 Å². The van der Waals surface area contributed by atoms with Gasteiger partial charge in [-0.25, -0.2) is 0 Å². The second kappa shape index (κ2) is 3.50. The molecule has 3 rings (SSSR count). The van der Waals surface area contributed by atoms with Gasteiger partial charge in [-0.05, 0) is 35.5 Å². The number of nitrogens with zero attached hydrogens (tertiary/aromatic N) is 1. The first-order valence-corrected chi connectivity index (χ1v) is 7.24. The van der Waals surface area contributed by atoms with Crippen LogP contribution in [-0.4, -0.2) is 35.1 Å². The highest BCUT2D eigenvalue weighted by molar-refractivity contribution is 5.80. The summed E-state index contributed by atoms with van der Waals surface area (Å²) in [6, 6.07) is 0.106. The maximum absolute atomic E-state index is 12.6. The number of hydrogen-bond donors (Lipinski definition) is 1. The molecule has 3 nitrogen and oxygen atoms in total. The summed E-state index contributed by atoms with van der Waals surface area (Å²) in [5.74, 6) is 1.58. The van der Waals surface area contributed by atoms with Gasteiger partial charge in [0.15, 0.2) is 0 Å². The van der Waals surface area contributed by atoms with Crippen LogP contribution < -0.4 is 0 Å². The zero-order valence-electron chi connectivity index (χ0n) is 11.9. The summed E-state index contributed by atoms with van der Waals surface area (Å²) in [6.45, 7) is 9.41. The minimum Gasteiger partial charge on any atom is -0.394 e. The third-order valence-electron chi connectivity index (χ3n) is 5.90. The van der Waals surface area contributed by atoms with Crippen molar-refractivity contribution < 1.29 is 9.90 Å². The number of aliphatic hydroxyl groups excluding tert-OH is 1. The maximum Gasteiger partial charge on any atom is 0.226 e. The third kappa shape index (κ3) is 1.49. The second-order valence-electron chi connectivity index (χ2n) is 7.69. The molecular weight excluding hydrogens is 226 g/mol. The van der Waals surface area contributed by atoms with Gasteiger partial charge in [-0.1, -0.05) is 27.7 Å². The van der Waals surface area contributed by atoms with E-state index in [0.717, 1.165) is 6.54 Å². The highest BCUT2D eigenvalue weighted by atomic mass is 16.3. The van der Waals surface area contributed by atoms with Gasteiger partial charge in [0.2, 0.25) is 5.91 Å². The van der Waals surface area contributed by atoms with Crippen molar-refractivity contribution in [3.8, 4) is 0 Å². The molecule has 3 fully saturated rings. The van der Waals surface area contributed by atoms with Crippen LogP contribution in [0.1, 0.15) is 40.5 Å². The summed E-state index contributed by atoms with van der Waals surface area (Å²) in [6.07, 6.45) is 2.66. The van der Waals surface area contributed by atoms with Gasteiger partial charge >= 0.3 is 0 Å². The zero-order valence-corrected chi connectivity index (χ0v) is 11.9. The van der Waals surface area contributed by atoms with Crippen molar-refractivity contribution in [2.75, 3.05) is 13.2 Å². The Kier molecular flexibility index (Phi) is 2.42. The molecule has 3 aliphatic rings. The molecular formula is C15H25NO2. The smallest absolute Gasteiger partial charge is 0.226 e. The highest BCUT2D eigenvalue weighted by Gasteiger charge is 2.77. The summed E-state index contributed by atoms with van der Waals surface area (Å²) in [7, 11) is 0. The summed E-state index contributed by atoms with van der Waals surface area (Å²) in [5, 5.41) is 9.63. The molecule has 2 saturated carbocycles. The van der Waals surface area contributed by atoms with E-state index in [9.17, 15) is 9.90 Å². The lowest BCUT2D eigenvalue weighted by Crippen LogP contribution is -2.46. The van der Waals surface area contributed by atoms with E-state index in [2.05, 4.69) is 20.8 Å². The Labute approximate surface area is 110 Å². The van der Waals surface area contributed by atoms with Crippen LogP contribution in [0.25, 0.3) is 0 Å². The molecule has 3 heteroatoms. The molecule has 2 aliphatic carbocycles. The van der Waals surface area contributed by atoms with E-state index in [1.165, 1.54) is 12.8 Å². The number of piperidine rings is 1. The summed E-state index contributed by atoms with van der Waals surface area (Å²) in [4.78, 5) is 14.6. The minimum absolute atomic E-state index is 0.00113. The van der Waals surface area contributed by atoms with Gasteiger partial charge < -0.3 is 10.0 Å². The van der Waals surface area contributed by atoms with Gasteiger partial charge in [0.25, 0.3) is 0 Å². The molecule has 1 heterocycles. The van der Waals surface area contributed by atoms with Crippen molar-refractivity contribution >= 4 is 5.91 Å². The van der Waals surface area contributed by atoms with Crippen LogP contribution in [0.4, 0.5) is 0 Å². The standard InChI is InChI=1S/C15H25NO2/c1-9(14(2,3)4)13(18)16-7-10-12(11(16)8-17)15(10)5-6-15/h9-12,17H,5-8H2,1-4H3/t9-,10?,11-,12+/m1/s1. The Morgan fingerprint density at radius 1 is 1.44 bits per heavy atom. The molecule has 1 aliphatic heterocycles. The van der Waals surface area contributed by atoms with Gasteiger partial charge in [-0.3, -0.25) is 4.79 Å². The lowest BCUT2D eigenvalue weighted by Gasteiger charge is -2.35. The lowest BCUT2D eigenvalue weighted by atomic mass is 9.81. The van der Waals surface area contributed by atoms with Gasteiger partial charge in [0.05, 0.1) is 12.6 Å². The molecule has 102 valence electrons. The molecule has 0 aromatic carbocycles. The number of amides is 1. The average Bonchev–Trinajstić information content (AvgIpc) is 3.16. The normalized spacial score (nSPS) is 37.6. The molecule has 1 spiro atoms. The summed E-state index contributed by atoms with van der Waals surface area (Å²) < 4.78 is 0. The van der Waals surface area contributed by atoms with E-state index in [4.69, 9.17) is 0 Å². The molecule has 0 aromatic rings. The fourth-order valence-electron chi connectivity index (χ4n) is 4.03. The van der Waals surface area contributed by atoms with Gasteiger partial charge in [-0.15, -0.1) is 0 Å². The Morgan fingerprint density at radius 3 is 2.50 bits per heavy atom. The molecule has 1 N–H and O–H groups in total. The lowest BCUT2D eigenvalue weighted by molar-refractivity contribution is -0.141. The minimum atomic E-state index is 0.00113. The predicted octanol–water partition coefficient (Wildman–Crippen LogP) is 1.90. The fraction of sp³-hybridized carbons (Fsp3) is 0.933. The number of likely N-dealkylation sites (tertiary alicyclic amines) is 1. The number of rotatable bonds is 2. The molecule has 1 saturated heterocycles. The van der Waals surface area contributed by atoms with E-state index in [0.29, 0.717) is 17.3 Å². The monoisotopic (exact) mass is 251 g/mol. The Hall–Kier alpha value is -0.570. The Balaban J connectivity index is 1.72. The third-order valence-corrected chi connectivity index (χ3v) is 5.90. The van der Waals surface area contributed by atoms with Crippen molar-refractivity contribution in [3.63, 3.8) is 0 Å². The number of fused-ring (bicyclic) bond motifs is 3. The Bertz CT molecular complexity index is 380. The van der Waals surface area contributed by atoms with Crippen LogP contribution in [0, 0.1) is 28.6 Å². The van der Waals surface area contributed by atoms with Gasteiger partial charge in [-0.2, -0.15) is 0 Å². The molecule has 1 amide bonds. The second-order valence-corrected chi connectivity index (χ2v) is 7.69.